The van der Waals surface area contributed by atoms with E-state index in [-0.39, 0.29) is 43.3 Å². The first-order chi connectivity index (χ1) is 34.6. The lowest BCUT2D eigenvalue weighted by Gasteiger charge is -2.30. The molecule has 14 N–H and O–H groups in total. The SMILES string of the molecule is CC[C@H](C)[C@H](NC(=O)[C@@H](NC(=O)[C@H](CC(C)C)NC(=O)[C@H](C)NC(=O)[C@H](CC(C)C)NC(=O)[C@H](CCSC)NC(=O)[C@H](CCC(=O)O)NC(=O)[C@@H](NC(=O)[C@@H](N)Cc1ccc(O)cc1)[C@@H](C)O)[C@@H](C)CC)C(=O)O. The van der Waals surface area contributed by atoms with E-state index >= 15 is 0 Å². The number of aliphatic carboxylic acids is 2. The Balaban J connectivity index is 3.31. The van der Waals surface area contributed by atoms with Gasteiger partial charge >= 0.3 is 11.9 Å². The summed E-state index contributed by atoms with van der Waals surface area (Å²) >= 11 is 1.33. The van der Waals surface area contributed by atoms with Crippen molar-refractivity contribution in [1.82, 2.24) is 42.5 Å². The molecule has 0 radical (unpaired) electrons. The molecule has 12 atom stereocenters. The van der Waals surface area contributed by atoms with Gasteiger partial charge in [-0.1, -0.05) is 80.4 Å². The summed E-state index contributed by atoms with van der Waals surface area (Å²) in [5, 5.41) is 59.8. The average Bonchev–Trinajstić information content (AvgIpc) is 3.32. The third-order valence-electron chi connectivity index (χ3n) is 12.3. The van der Waals surface area contributed by atoms with Gasteiger partial charge in [0.05, 0.1) is 12.1 Å². The van der Waals surface area contributed by atoms with E-state index in [9.17, 15) is 68.4 Å². The Morgan fingerprint density at radius 1 is 0.541 bits per heavy atom. The van der Waals surface area contributed by atoms with Gasteiger partial charge < -0.3 is 68.7 Å². The molecular weight excluding hydrogens is 983 g/mol. The number of carbonyl (C=O) groups excluding carboxylic acids is 8. The Morgan fingerprint density at radius 2 is 0.959 bits per heavy atom. The molecule has 1 rings (SSSR count). The second-order valence-electron chi connectivity index (χ2n) is 19.7. The number of aliphatic hydroxyl groups is 1. The predicted molar refractivity (Wildman–Crippen MR) is 278 cm³/mol. The van der Waals surface area contributed by atoms with E-state index < -0.39 is 144 Å². The van der Waals surface area contributed by atoms with Crippen molar-refractivity contribution in [2.45, 2.75) is 181 Å². The highest BCUT2D eigenvalue weighted by atomic mass is 32.2. The van der Waals surface area contributed by atoms with E-state index in [4.69, 9.17) is 5.73 Å². The second-order valence-corrected chi connectivity index (χ2v) is 20.7. The summed E-state index contributed by atoms with van der Waals surface area (Å²) in [5.41, 5.74) is 6.66. The van der Waals surface area contributed by atoms with E-state index in [0.29, 0.717) is 24.2 Å². The van der Waals surface area contributed by atoms with Crippen molar-refractivity contribution in [3.63, 3.8) is 0 Å². The van der Waals surface area contributed by atoms with Crippen molar-refractivity contribution < 1.29 is 68.4 Å². The van der Waals surface area contributed by atoms with Crippen molar-refractivity contribution in [3.05, 3.63) is 29.8 Å². The molecule has 0 heterocycles. The zero-order valence-corrected chi connectivity index (χ0v) is 45.4. The summed E-state index contributed by atoms with van der Waals surface area (Å²) < 4.78 is 0. The lowest BCUT2D eigenvalue weighted by molar-refractivity contribution is -0.144. The number of carbonyl (C=O) groups is 10. The standard InChI is InChI=1S/C50H83N9O14S/c1-12-27(7)39(48(70)58-40(50(72)73)28(8)13-2)57-47(69)37(23-26(5)6)55-42(64)29(9)52-46(68)36(22-25(3)4)56-45(67)35(20-21-74-11)53-44(66)34(18-19-38(62)63)54-49(71)41(30(10)60)59-43(65)33(51)24-31-14-16-32(61)17-15-31/h14-17,25-30,33-37,39-41,60-61H,12-13,18-24,51H2,1-11H3,(H,52,68)(H,53,66)(H,54,71)(H,55,64)(H,56,67)(H,57,69)(H,58,70)(H,59,65)(H,62,63)(H,72,73)/t27-,28-,29-,30+,33-,34-,35-,36-,37-,39-,40-,41-/m0/s1. The quantitative estimate of drug-likeness (QED) is 0.0445. The number of carboxylic acid groups (broad SMARTS) is 2. The summed E-state index contributed by atoms with van der Waals surface area (Å²) in [4.78, 5) is 133. The molecular formula is C50H83N9O14S. The van der Waals surface area contributed by atoms with Crippen molar-refractivity contribution in [3.8, 4) is 5.75 Å². The molecule has 0 saturated heterocycles. The van der Waals surface area contributed by atoms with E-state index in [2.05, 4.69) is 42.5 Å². The van der Waals surface area contributed by atoms with Gasteiger partial charge in [-0.15, -0.1) is 0 Å². The number of phenolic OH excluding ortho intramolecular Hbond substituents is 1. The Morgan fingerprint density at radius 3 is 1.43 bits per heavy atom. The van der Waals surface area contributed by atoms with Gasteiger partial charge in [0.25, 0.3) is 0 Å². The number of phenols is 1. The van der Waals surface area contributed by atoms with Crippen molar-refractivity contribution in [2.24, 2.45) is 29.4 Å². The van der Waals surface area contributed by atoms with Crippen LogP contribution in [0.1, 0.15) is 120 Å². The third-order valence-corrected chi connectivity index (χ3v) is 13.0. The van der Waals surface area contributed by atoms with Gasteiger partial charge in [0, 0.05) is 6.42 Å². The zero-order valence-electron chi connectivity index (χ0n) is 44.6. The molecule has 8 amide bonds. The van der Waals surface area contributed by atoms with E-state index in [1.807, 2.05) is 13.8 Å². The number of carboxylic acids is 2. The van der Waals surface area contributed by atoms with Crippen LogP contribution in [0.15, 0.2) is 24.3 Å². The van der Waals surface area contributed by atoms with Crippen molar-refractivity contribution in [2.75, 3.05) is 12.0 Å². The number of hydrogen-bond acceptors (Lipinski definition) is 14. The van der Waals surface area contributed by atoms with Crippen LogP contribution in [0.3, 0.4) is 0 Å². The molecule has 0 aliphatic carbocycles. The minimum absolute atomic E-state index is 0.00117. The van der Waals surface area contributed by atoms with Gasteiger partial charge in [-0.3, -0.25) is 43.2 Å². The topological polar surface area (TPSA) is 374 Å². The fraction of sp³-hybridized carbons (Fsp3) is 0.680. The molecule has 1 aromatic rings. The largest absolute Gasteiger partial charge is 0.508 e. The summed E-state index contributed by atoms with van der Waals surface area (Å²) in [6.45, 7) is 16.8. The second kappa shape index (κ2) is 33.0. The first-order valence-electron chi connectivity index (χ1n) is 25.1. The highest BCUT2D eigenvalue weighted by Gasteiger charge is 2.37. The average molecular weight is 1070 g/mol. The van der Waals surface area contributed by atoms with Crippen LogP contribution in [0.25, 0.3) is 0 Å². The number of nitrogens with two attached hydrogens (primary N) is 1. The first-order valence-corrected chi connectivity index (χ1v) is 26.5. The molecule has 0 fully saturated rings. The van der Waals surface area contributed by atoms with Crippen molar-refractivity contribution >= 4 is 71.0 Å². The van der Waals surface area contributed by atoms with Crippen LogP contribution in [0.5, 0.6) is 5.75 Å². The summed E-state index contributed by atoms with van der Waals surface area (Å²) in [5.74, 6) is -10.0. The van der Waals surface area contributed by atoms with Gasteiger partial charge in [-0.2, -0.15) is 11.8 Å². The smallest absolute Gasteiger partial charge is 0.326 e. The zero-order chi connectivity index (χ0) is 56.6. The van der Waals surface area contributed by atoms with Crippen molar-refractivity contribution in [1.29, 1.82) is 0 Å². The normalized spacial score (nSPS) is 16.2. The number of rotatable bonds is 34. The lowest BCUT2D eigenvalue weighted by atomic mass is 9.94. The summed E-state index contributed by atoms with van der Waals surface area (Å²) in [7, 11) is 0. The summed E-state index contributed by atoms with van der Waals surface area (Å²) in [6.07, 6.45) is 0.258. The number of benzene rings is 1. The van der Waals surface area contributed by atoms with Crippen LogP contribution in [-0.2, 0) is 54.4 Å². The molecule has 0 spiro atoms. The molecule has 0 saturated carbocycles. The molecule has 0 aliphatic heterocycles. The van der Waals surface area contributed by atoms with Gasteiger partial charge in [-0.05, 0) is 99.3 Å². The van der Waals surface area contributed by atoms with Crippen LogP contribution in [0.4, 0.5) is 0 Å². The molecule has 0 aromatic heterocycles. The molecule has 0 bridgehead atoms. The Hall–Kier alpha value is -6.01. The number of amides is 8. The Kier molecular flexibility index (Phi) is 29.5. The summed E-state index contributed by atoms with van der Waals surface area (Å²) in [6, 6.07) is -5.96. The maximum atomic E-state index is 14.0. The maximum absolute atomic E-state index is 14.0. The third kappa shape index (κ3) is 23.5. The molecule has 24 heteroatoms. The number of thioether (sulfide) groups is 1. The van der Waals surface area contributed by atoms with E-state index in [1.165, 1.54) is 37.7 Å². The number of aliphatic hydroxyl groups excluding tert-OH is 1. The van der Waals surface area contributed by atoms with Gasteiger partial charge in [0.1, 0.15) is 54.1 Å². The predicted octanol–water partition coefficient (Wildman–Crippen LogP) is 0.428. The fourth-order valence-corrected chi connectivity index (χ4v) is 7.93. The van der Waals surface area contributed by atoms with Crippen LogP contribution < -0.4 is 48.3 Å². The van der Waals surface area contributed by atoms with Gasteiger partial charge in [0.2, 0.25) is 47.3 Å². The first kappa shape index (κ1) is 66.0. The van der Waals surface area contributed by atoms with Crippen LogP contribution in [-0.4, -0.2) is 152 Å². The maximum Gasteiger partial charge on any atom is 0.326 e. The molecule has 0 unspecified atom stereocenters. The monoisotopic (exact) mass is 1070 g/mol. The number of nitrogens with one attached hydrogen (secondary N) is 8. The van der Waals surface area contributed by atoms with Crippen LogP contribution in [0.2, 0.25) is 0 Å². The fourth-order valence-electron chi connectivity index (χ4n) is 7.46. The minimum Gasteiger partial charge on any atom is -0.508 e. The highest BCUT2D eigenvalue weighted by Crippen LogP contribution is 2.16. The van der Waals surface area contributed by atoms with E-state index in [1.54, 1.807) is 59.9 Å². The van der Waals surface area contributed by atoms with Crippen LogP contribution >= 0.6 is 11.8 Å². The molecule has 1 aromatic carbocycles. The molecule has 0 aliphatic rings. The minimum atomic E-state index is -1.66. The van der Waals surface area contributed by atoms with Gasteiger partial charge in [0.15, 0.2) is 0 Å². The number of aromatic hydroxyl groups is 1. The Labute approximate surface area is 438 Å². The molecule has 418 valence electrons. The molecule has 23 nitrogen and oxygen atoms in total. The number of hydrogen-bond donors (Lipinski definition) is 13. The van der Waals surface area contributed by atoms with E-state index in [0.717, 1.165) is 0 Å². The highest BCUT2D eigenvalue weighted by molar-refractivity contribution is 7.98. The lowest BCUT2D eigenvalue weighted by Crippen LogP contribution is -2.61. The van der Waals surface area contributed by atoms with Gasteiger partial charge in [-0.25, -0.2) is 4.79 Å². The van der Waals surface area contributed by atoms with Crippen LogP contribution in [0, 0.1) is 23.7 Å². The Bertz CT molecular complexity index is 2040. The molecule has 74 heavy (non-hydrogen) atoms.